The Bertz CT molecular complexity index is 414. The summed E-state index contributed by atoms with van der Waals surface area (Å²) >= 11 is 0. The molecule has 0 spiro atoms. The van der Waals surface area contributed by atoms with Crippen LogP contribution in [0.4, 0.5) is 8.78 Å². The van der Waals surface area contributed by atoms with Crippen molar-refractivity contribution in [3.63, 3.8) is 0 Å². The number of hydrogen-bond acceptors (Lipinski definition) is 2. The molecule has 0 atom stereocenters. The van der Waals surface area contributed by atoms with Gasteiger partial charge in [-0.2, -0.15) is 8.78 Å². The minimum Gasteiger partial charge on any atom is -0.228 e. The van der Waals surface area contributed by atoms with E-state index in [-0.39, 0.29) is 0 Å². The van der Waals surface area contributed by atoms with Crippen LogP contribution in [0, 0.1) is 11.9 Å². The van der Waals surface area contributed by atoms with E-state index in [9.17, 15) is 8.78 Å². The molecule has 0 N–H and O–H groups in total. The molecule has 0 bridgehead atoms. The fourth-order valence-corrected chi connectivity index (χ4v) is 1.13. The average molecular weight is 192 g/mol. The number of hydrogen-bond donors (Lipinski definition) is 0. The van der Waals surface area contributed by atoms with Crippen molar-refractivity contribution >= 4 is 0 Å². The van der Waals surface area contributed by atoms with E-state index in [1.165, 1.54) is 24.4 Å². The Morgan fingerprint density at radius 1 is 1.00 bits per heavy atom. The summed E-state index contributed by atoms with van der Waals surface area (Å²) in [5.41, 5.74) is 0.906. The van der Waals surface area contributed by atoms with E-state index in [1.54, 1.807) is 12.1 Å². The summed E-state index contributed by atoms with van der Waals surface area (Å²) in [5.74, 6) is -1.19. The Kier molecular flexibility index (Phi) is 2.18. The van der Waals surface area contributed by atoms with E-state index >= 15 is 0 Å². The quantitative estimate of drug-likeness (QED) is 0.648. The van der Waals surface area contributed by atoms with Crippen LogP contribution in [-0.4, -0.2) is 9.97 Å². The molecule has 70 valence electrons. The smallest absolute Gasteiger partial charge is 0.213 e. The zero-order valence-corrected chi connectivity index (χ0v) is 7.11. The van der Waals surface area contributed by atoms with E-state index in [4.69, 9.17) is 0 Å². The molecule has 0 saturated heterocycles. The first-order chi connectivity index (χ1) is 6.75. The van der Waals surface area contributed by atoms with Crippen molar-refractivity contribution in [2.45, 2.75) is 0 Å². The third-order valence-electron chi connectivity index (χ3n) is 1.74. The second-order valence-corrected chi connectivity index (χ2v) is 2.71. The molecule has 2 rings (SSSR count). The molecule has 2 aromatic heterocycles. The molecule has 14 heavy (non-hydrogen) atoms. The van der Waals surface area contributed by atoms with E-state index in [2.05, 4.69) is 9.97 Å². The summed E-state index contributed by atoms with van der Waals surface area (Å²) < 4.78 is 25.5. The number of halogens is 2. The SMILES string of the molecule is Fc1cc(-c2cccc(F)n2)ccn1. The lowest BCUT2D eigenvalue weighted by atomic mass is 10.2. The van der Waals surface area contributed by atoms with Gasteiger partial charge in [-0.25, -0.2) is 9.97 Å². The van der Waals surface area contributed by atoms with Crippen LogP contribution in [0.5, 0.6) is 0 Å². The molecule has 0 saturated carbocycles. The predicted molar refractivity (Wildman–Crippen MR) is 47.4 cm³/mol. The molecular formula is C10H6F2N2. The van der Waals surface area contributed by atoms with Gasteiger partial charge in [0.1, 0.15) is 0 Å². The Morgan fingerprint density at radius 3 is 2.57 bits per heavy atom. The summed E-state index contributed by atoms with van der Waals surface area (Å²) in [4.78, 5) is 7.02. The largest absolute Gasteiger partial charge is 0.228 e. The van der Waals surface area contributed by atoms with Crippen LogP contribution < -0.4 is 0 Å². The number of pyridine rings is 2. The highest BCUT2D eigenvalue weighted by atomic mass is 19.1. The molecule has 2 heterocycles. The topological polar surface area (TPSA) is 25.8 Å². The lowest BCUT2D eigenvalue weighted by Gasteiger charge is -1.99. The van der Waals surface area contributed by atoms with Gasteiger partial charge >= 0.3 is 0 Å². The molecule has 2 aromatic rings. The van der Waals surface area contributed by atoms with Crippen molar-refractivity contribution in [2.75, 3.05) is 0 Å². The number of nitrogens with zero attached hydrogens (tertiary/aromatic N) is 2. The van der Waals surface area contributed by atoms with E-state index in [1.807, 2.05) is 0 Å². The molecule has 0 aliphatic rings. The average Bonchev–Trinajstić information content (AvgIpc) is 2.18. The minimum absolute atomic E-state index is 0.395. The second kappa shape index (κ2) is 3.49. The first-order valence-electron chi connectivity index (χ1n) is 4.00. The third kappa shape index (κ3) is 1.74. The second-order valence-electron chi connectivity index (χ2n) is 2.71. The van der Waals surface area contributed by atoms with Gasteiger partial charge in [0.25, 0.3) is 0 Å². The van der Waals surface area contributed by atoms with Gasteiger partial charge in [-0.15, -0.1) is 0 Å². The molecule has 2 nitrogen and oxygen atoms in total. The number of aromatic nitrogens is 2. The molecule has 0 aliphatic heterocycles. The zero-order chi connectivity index (χ0) is 9.97. The van der Waals surface area contributed by atoms with Crippen LogP contribution in [0.1, 0.15) is 0 Å². The van der Waals surface area contributed by atoms with E-state index < -0.39 is 11.9 Å². The van der Waals surface area contributed by atoms with Crippen LogP contribution in [0.25, 0.3) is 11.3 Å². The van der Waals surface area contributed by atoms with Gasteiger partial charge in [-0.3, -0.25) is 0 Å². The Labute approximate surface area is 79.3 Å². The van der Waals surface area contributed by atoms with Crippen LogP contribution in [-0.2, 0) is 0 Å². The summed E-state index contributed by atoms with van der Waals surface area (Å²) in [6, 6.07) is 7.15. The lowest BCUT2D eigenvalue weighted by molar-refractivity contribution is 0.580. The molecule has 0 aromatic carbocycles. The van der Waals surface area contributed by atoms with Crippen LogP contribution >= 0.6 is 0 Å². The van der Waals surface area contributed by atoms with Gasteiger partial charge in [0.2, 0.25) is 11.9 Å². The summed E-state index contributed by atoms with van der Waals surface area (Å²) in [6.07, 6.45) is 1.32. The van der Waals surface area contributed by atoms with Crippen molar-refractivity contribution in [3.05, 3.63) is 48.4 Å². The summed E-state index contributed by atoms with van der Waals surface area (Å²) in [6.45, 7) is 0. The van der Waals surface area contributed by atoms with Crippen molar-refractivity contribution < 1.29 is 8.78 Å². The monoisotopic (exact) mass is 192 g/mol. The molecule has 0 amide bonds. The van der Waals surface area contributed by atoms with Gasteiger partial charge in [-0.1, -0.05) is 6.07 Å². The van der Waals surface area contributed by atoms with Gasteiger partial charge in [-0.05, 0) is 18.2 Å². The maximum Gasteiger partial charge on any atom is 0.213 e. The van der Waals surface area contributed by atoms with Gasteiger partial charge in [0, 0.05) is 17.8 Å². The zero-order valence-electron chi connectivity index (χ0n) is 7.11. The normalized spacial score (nSPS) is 10.1. The summed E-state index contributed by atoms with van der Waals surface area (Å²) in [5, 5.41) is 0. The fourth-order valence-electron chi connectivity index (χ4n) is 1.13. The van der Waals surface area contributed by atoms with Crippen molar-refractivity contribution in [1.29, 1.82) is 0 Å². The highest BCUT2D eigenvalue weighted by molar-refractivity contribution is 5.57. The van der Waals surface area contributed by atoms with Crippen LogP contribution in [0.15, 0.2) is 36.5 Å². The molecular weight excluding hydrogens is 186 g/mol. The van der Waals surface area contributed by atoms with Crippen molar-refractivity contribution in [2.24, 2.45) is 0 Å². The number of rotatable bonds is 1. The standard InChI is InChI=1S/C10H6F2N2/c11-9-3-1-2-8(14-9)7-4-5-13-10(12)6-7/h1-6H. The third-order valence-corrected chi connectivity index (χ3v) is 1.74. The minimum atomic E-state index is -0.603. The predicted octanol–water partition coefficient (Wildman–Crippen LogP) is 2.42. The summed E-state index contributed by atoms with van der Waals surface area (Å²) in [7, 11) is 0. The fraction of sp³-hybridized carbons (Fsp3) is 0. The Morgan fingerprint density at radius 2 is 1.86 bits per heavy atom. The van der Waals surface area contributed by atoms with Gasteiger partial charge in [0.05, 0.1) is 5.69 Å². The highest BCUT2D eigenvalue weighted by Crippen LogP contribution is 2.16. The van der Waals surface area contributed by atoms with Crippen LogP contribution in [0.3, 0.4) is 0 Å². The van der Waals surface area contributed by atoms with Crippen molar-refractivity contribution in [3.8, 4) is 11.3 Å². The van der Waals surface area contributed by atoms with Crippen LogP contribution in [0.2, 0.25) is 0 Å². The first-order valence-corrected chi connectivity index (χ1v) is 4.00. The van der Waals surface area contributed by atoms with E-state index in [0.717, 1.165) is 0 Å². The van der Waals surface area contributed by atoms with E-state index in [0.29, 0.717) is 11.3 Å². The molecule has 0 radical (unpaired) electrons. The first kappa shape index (κ1) is 8.74. The molecule has 4 heteroatoms. The van der Waals surface area contributed by atoms with Gasteiger partial charge < -0.3 is 0 Å². The lowest BCUT2D eigenvalue weighted by Crippen LogP contribution is -1.88. The van der Waals surface area contributed by atoms with Gasteiger partial charge in [0.15, 0.2) is 0 Å². The molecule has 0 aliphatic carbocycles. The Hall–Kier alpha value is -1.84. The molecule has 0 fully saturated rings. The maximum absolute atomic E-state index is 12.7. The molecule has 0 unspecified atom stereocenters. The maximum atomic E-state index is 12.7. The van der Waals surface area contributed by atoms with Crippen molar-refractivity contribution in [1.82, 2.24) is 9.97 Å². The Balaban J connectivity index is 2.49. The highest BCUT2D eigenvalue weighted by Gasteiger charge is 2.01.